The van der Waals surface area contributed by atoms with Gasteiger partial charge in [-0.3, -0.25) is 4.79 Å². The molecule has 4 nitrogen and oxygen atoms in total. The van der Waals surface area contributed by atoms with Crippen molar-refractivity contribution in [2.75, 3.05) is 0 Å². The maximum absolute atomic E-state index is 11.6. The largest absolute Gasteiger partial charge is 0.352 e. The van der Waals surface area contributed by atoms with Gasteiger partial charge in [-0.2, -0.15) is 0 Å². The highest BCUT2D eigenvalue weighted by molar-refractivity contribution is 5.94. The van der Waals surface area contributed by atoms with Crippen molar-refractivity contribution in [3.8, 4) is 11.3 Å². The van der Waals surface area contributed by atoms with E-state index in [0.29, 0.717) is 24.4 Å². The molecular formula is C14H16N2O2. The Kier molecular flexibility index (Phi) is 3.89. The van der Waals surface area contributed by atoms with Gasteiger partial charge in [0.1, 0.15) is 5.69 Å². The van der Waals surface area contributed by atoms with Crippen LogP contribution in [0.4, 0.5) is 0 Å². The second-order valence-electron chi connectivity index (χ2n) is 4.15. The molecule has 2 rings (SSSR count). The summed E-state index contributed by atoms with van der Waals surface area (Å²) in [5.41, 5.74) is 8.20. The Morgan fingerprint density at radius 3 is 2.67 bits per heavy atom. The first-order valence-electron chi connectivity index (χ1n) is 6.04. The van der Waals surface area contributed by atoms with Gasteiger partial charge in [-0.1, -0.05) is 36.3 Å². The molecule has 0 atom stereocenters. The molecule has 0 bridgehead atoms. The summed E-state index contributed by atoms with van der Waals surface area (Å²) in [5.74, 6) is 0.324. The first-order valence-corrected chi connectivity index (χ1v) is 6.04. The zero-order valence-electron chi connectivity index (χ0n) is 10.3. The third-order valence-corrected chi connectivity index (χ3v) is 2.75. The summed E-state index contributed by atoms with van der Waals surface area (Å²) in [6, 6.07) is 9.42. The smallest absolute Gasteiger partial charge is 0.203 e. The van der Waals surface area contributed by atoms with Crippen molar-refractivity contribution in [1.29, 1.82) is 0 Å². The number of carbonyl (C=O) groups is 1. The van der Waals surface area contributed by atoms with Gasteiger partial charge in [0, 0.05) is 24.6 Å². The molecule has 2 aromatic rings. The maximum atomic E-state index is 11.6. The molecule has 94 valence electrons. The van der Waals surface area contributed by atoms with Gasteiger partial charge in [0.05, 0.1) is 0 Å². The van der Waals surface area contributed by atoms with Crippen LogP contribution in [0.3, 0.4) is 0 Å². The number of carbonyl (C=O) groups excluding carboxylic acids is 1. The van der Waals surface area contributed by atoms with Crippen LogP contribution in [0.25, 0.3) is 11.3 Å². The van der Waals surface area contributed by atoms with Crippen LogP contribution in [0.2, 0.25) is 0 Å². The monoisotopic (exact) mass is 244 g/mol. The van der Waals surface area contributed by atoms with Crippen molar-refractivity contribution in [3.05, 3.63) is 41.7 Å². The number of benzene rings is 1. The van der Waals surface area contributed by atoms with Crippen LogP contribution in [0.1, 0.15) is 35.9 Å². The highest BCUT2D eigenvalue weighted by atomic mass is 16.5. The van der Waals surface area contributed by atoms with Crippen LogP contribution in [-0.2, 0) is 6.54 Å². The van der Waals surface area contributed by atoms with E-state index in [1.54, 1.807) is 6.07 Å². The Hall–Kier alpha value is -1.94. The van der Waals surface area contributed by atoms with E-state index in [1.165, 1.54) is 0 Å². The molecule has 0 aliphatic heterocycles. The molecule has 0 aliphatic carbocycles. The molecule has 0 spiro atoms. The van der Waals surface area contributed by atoms with Crippen molar-refractivity contribution >= 4 is 5.78 Å². The molecule has 1 aromatic heterocycles. The first kappa shape index (κ1) is 12.5. The molecular weight excluding hydrogens is 228 g/mol. The Morgan fingerprint density at radius 1 is 1.33 bits per heavy atom. The number of hydrogen-bond acceptors (Lipinski definition) is 4. The minimum Gasteiger partial charge on any atom is -0.352 e. The highest BCUT2D eigenvalue weighted by Crippen LogP contribution is 2.20. The lowest BCUT2D eigenvalue weighted by Crippen LogP contribution is -1.95. The van der Waals surface area contributed by atoms with Gasteiger partial charge in [-0.15, -0.1) is 0 Å². The number of hydrogen-bond donors (Lipinski definition) is 1. The Bertz CT molecular complexity index is 529. The van der Waals surface area contributed by atoms with Crippen molar-refractivity contribution in [2.24, 2.45) is 5.73 Å². The lowest BCUT2D eigenvalue weighted by atomic mass is 10.1. The SMILES string of the molecule is CCCC(=O)c1cc(-c2ccc(CN)cc2)no1. The second-order valence-corrected chi connectivity index (χ2v) is 4.15. The van der Waals surface area contributed by atoms with Crippen LogP contribution in [0, 0.1) is 0 Å². The third-order valence-electron chi connectivity index (χ3n) is 2.75. The highest BCUT2D eigenvalue weighted by Gasteiger charge is 2.12. The average molecular weight is 244 g/mol. The zero-order valence-corrected chi connectivity index (χ0v) is 10.3. The minimum absolute atomic E-state index is 0.00479. The van der Waals surface area contributed by atoms with Crippen molar-refractivity contribution in [1.82, 2.24) is 5.16 Å². The normalized spacial score (nSPS) is 10.6. The molecule has 0 saturated carbocycles. The number of ketones is 1. The summed E-state index contributed by atoms with van der Waals surface area (Å²) < 4.78 is 5.07. The lowest BCUT2D eigenvalue weighted by Gasteiger charge is -1.97. The molecule has 4 heteroatoms. The summed E-state index contributed by atoms with van der Waals surface area (Å²) in [6.45, 7) is 2.47. The summed E-state index contributed by atoms with van der Waals surface area (Å²) in [6.07, 6.45) is 1.29. The summed E-state index contributed by atoms with van der Waals surface area (Å²) >= 11 is 0. The number of aromatic nitrogens is 1. The predicted octanol–water partition coefficient (Wildman–Crippen LogP) is 2.78. The molecule has 0 unspecified atom stereocenters. The first-order chi connectivity index (χ1) is 8.74. The second kappa shape index (κ2) is 5.60. The van der Waals surface area contributed by atoms with Gasteiger partial charge in [0.25, 0.3) is 0 Å². The van der Waals surface area contributed by atoms with Gasteiger partial charge in [-0.25, -0.2) is 0 Å². The maximum Gasteiger partial charge on any atom is 0.203 e. The fourth-order valence-corrected chi connectivity index (χ4v) is 1.70. The zero-order chi connectivity index (χ0) is 13.0. The van der Waals surface area contributed by atoms with E-state index in [-0.39, 0.29) is 5.78 Å². The fourth-order valence-electron chi connectivity index (χ4n) is 1.70. The van der Waals surface area contributed by atoms with Gasteiger partial charge in [0.2, 0.25) is 11.5 Å². The van der Waals surface area contributed by atoms with E-state index in [1.807, 2.05) is 31.2 Å². The third kappa shape index (κ3) is 2.65. The van der Waals surface area contributed by atoms with Gasteiger partial charge >= 0.3 is 0 Å². The Labute approximate surface area is 106 Å². The molecule has 18 heavy (non-hydrogen) atoms. The molecule has 0 fully saturated rings. The van der Waals surface area contributed by atoms with E-state index in [2.05, 4.69) is 5.16 Å². The van der Waals surface area contributed by atoms with Crippen molar-refractivity contribution < 1.29 is 9.32 Å². The van der Waals surface area contributed by atoms with Crippen LogP contribution in [-0.4, -0.2) is 10.9 Å². The molecule has 0 aliphatic rings. The van der Waals surface area contributed by atoms with Gasteiger partial charge in [-0.05, 0) is 12.0 Å². The summed E-state index contributed by atoms with van der Waals surface area (Å²) in [4.78, 5) is 11.6. The average Bonchev–Trinajstić information content (AvgIpc) is 2.89. The van der Waals surface area contributed by atoms with E-state index in [4.69, 9.17) is 10.3 Å². The number of rotatable bonds is 5. The van der Waals surface area contributed by atoms with E-state index < -0.39 is 0 Å². The summed E-state index contributed by atoms with van der Waals surface area (Å²) in [7, 11) is 0. The van der Waals surface area contributed by atoms with E-state index in [9.17, 15) is 4.79 Å². The molecule has 1 aromatic carbocycles. The molecule has 0 radical (unpaired) electrons. The lowest BCUT2D eigenvalue weighted by molar-refractivity contribution is 0.0946. The predicted molar refractivity (Wildman–Crippen MR) is 69.1 cm³/mol. The summed E-state index contributed by atoms with van der Waals surface area (Å²) in [5, 5.41) is 3.92. The number of nitrogens with two attached hydrogens (primary N) is 1. The van der Waals surface area contributed by atoms with Crippen LogP contribution < -0.4 is 5.73 Å². The van der Waals surface area contributed by atoms with Crippen molar-refractivity contribution in [2.45, 2.75) is 26.3 Å². The Morgan fingerprint density at radius 2 is 2.06 bits per heavy atom. The topological polar surface area (TPSA) is 69.1 Å². The van der Waals surface area contributed by atoms with E-state index >= 15 is 0 Å². The van der Waals surface area contributed by atoms with E-state index in [0.717, 1.165) is 17.5 Å². The van der Waals surface area contributed by atoms with Crippen molar-refractivity contribution in [3.63, 3.8) is 0 Å². The molecule has 1 heterocycles. The molecule has 0 amide bonds. The molecule has 0 saturated heterocycles. The number of Topliss-reactive ketones (excluding diaryl/α,β-unsaturated/α-hetero) is 1. The van der Waals surface area contributed by atoms with Crippen LogP contribution >= 0.6 is 0 Å². The van der Waals surface area contributed by atoms with Gasteiger partial charge < -0.3 is 10.3 Å². The standard InChI is InChI=1S/C14H16N2O2/c1-2-3-13(17)14-8-12(16-18-14)11-6-4-10(9-15)5-7-11/h4-8H,2-3,9,15H2,1H3. The fraction of sp³-hybridized carbons (Fsp3) is 0.286. The quantitative estimate of drug-likeness (QED) is 0.821. The number of nitrogens with zero attached hydrogens (tertiary/aromatic N) is 1. The van der Waals surface area contributed by atoms with Crippen LogP contribution in [0.15, 0.2) is 34.9 Å². The minimum atomic E-state index is -0.00479. The van der Waals surface area contributed by atoms with Crippen LogP contribution in [0.5, 0.6) is 0 Å². The van der Waals surface area contributed by atoms with Gasteiger partial charge in [0.15, 0.2) is 0 Å². The molecule has 2 N–H and O–H groups in total. The Balaban J connectivity index is 2.20.